The Morgan fingerprint density at radius 1 is 1.06 bits per heavy atom. The summed E-state index contributed by atoms with van der Waals surface area (Å²) < 4.78 is 0. The molecule has 86 valence electrons. The summed E-state index contributed by atoms with van der Waals surface area (Å²) in [5.74, 6) is -0.851. The number of amides is 2. The van der Waals surface area contributed by atoms with Gasteiger partial charge in [-0.05, 0) is 23.6 Å². The molecule has 1 aromatic carbocycles. The highest BCUT2D eigenvalue weighted by atomic mass is 16.2. The molecule has 0 aliphatic heterocycles. The molecule has 4 nitrogen and oxygen atoms in total. The highest BCUT2D eigenvalue weighted by Crippen LogP contribution is 2.16. The number of hydrogen-bond donors (Lipinski definition) is 2. The summed E-state index contributed by atoms with van der Waals surface area (Å²) >= 11 is 0. The van der Waals surface area contributed by atoms with Gasteiger partial charge in [-0.2, -0.15) is 0 Å². The second kappa shape index (κ2) is 5.30. The zero-order valence-electron chi connectivity index (χ0n) is 9.70. The average Bonchev–Trinajstić information content (AvgIpc) is 2.28. The summed E-state index contributed by atoms with van der Waals surface area (Å²) in [7, 11) is 1.42. The molecule has 0 saturated carbocycles. The fourth-order valence-electron chi connectivity index (χ4n) is 1.25. The van der Waals surface area contributed by atoms with E-state index in [1.54, 1.807) is 12.1 Å². The first-order valence-corrected chi connectivity index (χ1v) is 5.17. The summed E-state index contributed by atoms with van der Waals surface area (Å²) in [6.07, 6.45) is 0. The Morgan fingerprint density at radius 2 is 1.62 bits per heavy atom. The molecule has 1 aromatic rings. The molecule has 0 aromatic heterocycles. The van der Waals surface area contributed by atoms with E-state index in [9.17, 15) is 9.59 Å². The van der Waals surface area contributed by atoms with Crippen LogP contribution >= 0.6 is 0 Å². The summed E-state index contributed by atoms with van der Waals surface area (Å²) in [6.45, 7) is 4.19. The second-order valence-corrected chi connectivity index (χ2v) is 3.81. The molecule has 2 N–H and O–H groups in total. The molecule has 0 fully saturated rings. The van der Waals surface area contributed by atoms with Crippen molar-refractivity contribution in [2.45, 2.75) is 19.8 Å². The number of benzene rings is 1. The third-order valence-corrected chi connectivity index (χ3v) is 2.27. The van der Waals surface area contributed by atoms with Gasteiger partial charge in [0.15, 0.2) is 0 Å². The van der Waals surface area contributed by atoms with E-state index in [4.69, 9.17) is 0 Å². The van der Waals surface area contributed by atoms with Gasteiger partial charge in [-0.25, -0.2) is 0 Å². The molecule has 0 spiro atoms. The smallest absolute Gasteiger partial charge is 0.313 e. The Kier molecular flexibility index (Phi) is 4.05. The summed E-state index contributed by atoms with van der Waals surface area (Å²) in [6, 6.07) is 7.45. The minimum atomic E-state index is -0.653. The Hall–Kier alpha value is -1.84. The van der Waals surface area contributed by atoms with Gasteiger partial charge in [0.1, 0.15) is 0 Å². The predicted octanol–water partition coefficient (Wildman–Crippen LogP) is 1.49. The van der Waals surface area contributed by atoms with Gasteiger partial charge in [0.2, 0.25) is 0 Å². The van der Waals surface area contributed by atoms with Gasteiger partial charge < -0.3 is 10.6 Å². The number of hydrogen-bond acceptors (Lipinski definition) is 2. The third kappa shape index (κ3) is 3.08. The summed E-state index contributed by atoms with van der Waals surface area (Å²) in [4.78, 5) is 22.2. The molecule has 0 radical (unpaired) electrons. The maximum atomic E-state index is 11.2. The minimum Gasteiger partial charge on any atom is -0.351 e. The van der Waals surface area contributed by atoms with Gasteiger partial charge in [-0.3, -0.25) is 9.59 Å². The topological polar surface area (TPSA) is 58.2 Å². The molecule has 0 aliphatic carbocycles. The van der Waals surface area contributed by atoms with E-state index < -0.39 is 11.8 Å². The number of rotatable bonds is 2. The number of nitrogens with one attached hydrogen (secondary N) is 2. The van der Waals surface area contributed by atoms with Crippen LogP contribution in [0.3, 0.4) is 0 Å². The molecule has 0 saturated heterocycles. The standard InChI is InChI=1S/C12H16N2O2/c1-8(2)9-4-6-10(7-5-9)14-12(16)11(15)13-3/h4-8H,1-3H3,(H,13,15)(H,14,16). The first kappa shape index (κ1) is 12.2. The lowest BCUT2D eigenvalue weighted by atomic mass is 10.0. The van der Waals surface area contributed by atoms with E-state index in [1.807, 2.05) is 12.1 Å². The average molecular weight is 220 g/mol. The van der Waals surface area contributed by atoms with Crippen LogP contribution in [-0.2, 0) is 9.59 Å². The van der Waals surface area contributed by atoms with Crippen LogP contribution in [0.25, 0.3) is 0 Å². The Morgan fingerprint density at radius 3 is 2.06 bits per heavy atom. The van der Waals surface area contributed by atoms with Gasteiger partial charge in [0.25, 0.3) is 0 Å². The van der Waals surface area contributed by atoms with Crippen molar-refractivity contribution in [2.75, 3.05) is 12.4 Å². The van der Waals surface area contributed by atoms with Gasteiger partial charge in [0.05, 0.1) is 0 Å². The van der Waals surface area contributed by atoms with Crippen molar-refractivity contribution < 1.29 is 9.59 Å². The van der Waals surface area contributed by atoms with Crippen LogP contribution in [0.15, 0.2) is 24.3 Å². The van der Waals surface area contributed by atoms with Crippen molar-refractivity contribution >= 4 is 17.5 Å². The van der Waals surface area contributed by atoms with E-state index in [0.717, 1.165) is 0 Å². The molecule has 0 aliphatic rings. The zero-order valence-corrected chi connectivity index (χ0v) is 9.70. The quantitative estimate of drug-likeness (QED) is 0.742. The van der Waals surface area contributed by atoms with Crippen LogP contribution in [-0.4, -0.2) is 18.9 Å². The van der Waals surface area contributed by atoms with Crippen molar-refractivity contribution in [3.8, 4) is 0 Å². The van der Waals surface area contributed by atoms with Crippen molar-refractivity contribution in [2.24, 2.45) is 0 Å². The zero-order chi connectivity index (χ0) is 12.1. The molecule has 2 amide bonds. The van der Waals surface area contributed by atoms with Gasteiger partial charge in [-0.1, -0.05) is 26.0 Å². The SMILES string of the molecule is CNC(=O)C(=O)Nc1ccc(C(C)C)cc1. The van der Waals surface area contributed by atoms with Crippen molar-refractivity contribution in [3.05, 3.63) is 29.8 Å². The van der Waals surface area contributed by atoms with Crippen molar-refractivity contribution in [1.29, 1.82) is 0 Å². The molecule has 0 atom stereocenters. The molecule has 0 heterocycles. The molecule has 1 rings (SSSR count). The first-order chi connectivity index (χ1) is 7.54. The van der Waals surface area contributed by atoms with E-state index in [-0.39, 0.29) is 0 Å². The largest absolute Gasteiger partial charge is 0.351 e. The second-order valence-electron chi connectivity index (χ2n) is 3.81. The molecule has 0 unspecified atom stereocenters. The first-order valence-electron chi connectivity index (χ1n) is 5.17. The van der Waals surface area contributed by atoms with Gasteiger partial charge >= 0.3 is 11.8 Å². The number of likely N-dealkylation sites (N-methyl/N-ethyl adjacent to an activating group) is 1. The van der Waals surface area contributed by atoms with E-state index in [0.29, 0.717) is 11.6 Å². The normalized spacial score (nSPS) is 10.0. The Labute approximate surface area is 95.0 Å². The monoisotopic (exact) mass is 220 g/mol. The van der Waals surface area contributed by atoms with E-state index >= 15 is 0 Å². The minimum absolute atomic E-state index is 0.448. The lowest BCUT2D eigenvalue weighted by Crippen LogP contribution is -2.32. The predicted molar refractivity (Wildman–Crippen MR) is 63.2 cm³/mol. The fraction of sp³-hybridized carbons (Fsp3) is 0.333. The van der Waals surface area contributed by atoms with Crippen LogP contribution in [0.1, 0.15) is 25.3 Å². The van der Waals surface area contributed by atoms with Crippen LogP contribution in [0, 0.1) is 0 Å². The maximum Gasteiger partial charge on any atom is 0.313 e. The lowest BCUT2D eigenvalue weighted by molar-refractivity contribution is -0.135. The molecular weight excluding hydrogens is 204 g/mol. The van der Waals surface area contributed by atoms with E-state index in [2.05, 4.69) is 24.5 Å². The molecular formula is C12H16N2O2. The van der Waals surface area contributed by atoms with Crippen molar-refractivity contribution in [3.63, 3.8) is 0 Å². The van der Waals surface area contributed by atoms with E-state index in [1.165, 1.54) is 12.6 Å². The number of anilines is 1. The highest BCUT2D eigenvalue weighted by molar-refractivity contribution is 6.39. The third-order valence-electron chi connectivity index (χ3n) is 2.27. The number of carbonyl (C=O) groups is 2. The summed E-state index contributed by atoms with van der Waals surface area (Å²) in [5.41, 5.74) is 1.82. The Bertz CT molecular complexity index is 383. The van der Waals surface area contributed by atoms with Gasteiger partial charge in [-0.15, -0.1) is 0 Å². The van der Waals surface area contributed by atoms with Crippen LogP contribution < -0.4 is 10.6 Å². The number of carbonyl (C=O) groups excluding carboxylic acids is 2. The fourth-order valence-corrected chi connectivity index (χ4v) is 1.25. The molecule has 16 heavy (non-hydrogen) atoms. The summed E-state index contributed by atoms with van der Waals surface area (Å²) in [5, 5.41) is 4.77. The maximum absolute atomic E-state index is 11.2. The highest BCUT2D eigenvalue weighted by Gasteiger charge is 2.10. The van der Waals surface area contributed by atoms with Crippen LogP contribution in [0.4, 0.5) is 5.69 Å². The Balaban J connectivity index is 2.69. The van der Waals surface area contributed by atoms with Gasteiger partial charge in [0, 0.05) is 12.7 Å². The van der Waals surface area contributed by atoms with Crippen LogP contribution in [0.5, 0.6) is 0 Å². The van der Waals surface area contributed by atoms with Crippen LogP contribution in [0.2, 0.25) is 0 Å². The molecule has 0 bridgehead atoms. The van der Waals surface area contributed by atoms with Crippen molar-refractivity contribution in [1.82, 2.24) is 5.32 Å². The lowest BCUT2D eigenvalue weighted by Gasteiger charge is -2.07. The molecule has 4 heteroatoms.